The number of hydrogen-bond donors (Lipinski definition) is 0. The molecular formula is C18H15FN2O3S. The van der Waals surface area contributed by atoms with E-state index >= 15 is 0 Å². The maximum absolute atomic E-state index is 13.0. The largest absolute Gasteiger partial charge is 0.275 e. The Kier molecular flexibility index (Phi) is 4.26. The first-order valence-corrected chi connectivity index (χ1v) is 9.32. The van der Waals surface area contributed by atoms with Gasteiger partial charge in [0.25, 0.3) is 5.56 Å². The predicted molar refractivity (Wildman–Crippen MR) is 93.1 cm³/mol. The van der Waals surface area contributed by atoms with Gasteiger partial charge in [0.1, 0.15) is 5.82 Å². The molecule has 25 heavy (non-hydrogen) atoms. The van der Waals surface area contributed by atoms with Gasteiger partial charge in [-0.15, -0.1) is 0 Å². The second-order valence-corrected chi connectivity index (χ2v) is 7.69. The van der Waals surface area contributed by atoms with Crippen LogP contribution in [0.1, 0.15) is 5.56 Å². The lowest BCUT2D eigenvalue weighted by molar-refractivity contribution is 0.602. The Morgan fingerprint density at radius 2 is 1.60 bits per heavy atom. The van der Waals surface area contributed by atoms with E-state index in [1.807, 2.05) is 0 Å². The molecule has 5 nitrogen and oxygen atoms in total. The number of benzene rings is 2. The second kappa shape index (κ2) is 6.25. The molecule has 0 radical (unpaired) electrons. The van der Waals surface area contributed by atoms with Crippen LogP contribution in [0.4, 0.5) is 4.39 Å². The summed E-state index contributed by atoms with van der Waals surface area (Å²) < 4.78 is 37.3. The first-order valence-electron chi connectivity index (χ1n) is 7.43. The minimum atomic E-state index is -3.28. The van der Waals surface area contributed by atoms with E-state index in [1.165, 1.54) is 47.3 Å². The van der Waals surface area contributed by atoms with Crippen molar-refractivity contribution >= 4 is 9.84 Å². The van der Waals surface area contributed by atoms with Crippen LogP contribution in [0, 0.1) is 12.7 Å². The lowest BCUT2D eigenvalue weighted by Crippen LogP contribution is -2.23. The maximum Gasteiger partial charge on any atom is 0.275 e. The summed E-state index contributed by atoms with van der Waals surface area (Å²) in [5.74, 6) is -0.392. The quantitative estimate of drug-likeness (QED) is 0.722. The van der Waals surface area contributed by atoms with E-state index < -0.39 is 15.7 Å². The van der Waals surface area contributed by atoms with Gasteiger partial charge in [0, 0.05) is 17.4 Å². The second-order valence-electron chi connectivity index (χ2n) is 5.67. The van der Waals surface area contributed by atoms with E-state index in [0.717, 1.165) is 6.26 Å². The molecule has 0 unspecified atom stereocenters. The predicted octanol–water partition coefficient (Wildman–Crippen LogP) is 2.75. The molecular weight excluding hydrogens is 343 g/mol. The summed E-state index contributed by atoms with van der Waals surface area (Å²) in [7, 11) is -3.28. The molecule has 0 atom stereocenters. The SMILES string of the molecule is Cc1c(-c2ccc(S(C)(=O)=O)cc2)cnn(-c2ccc(F)cc2)c1=O. The fourth-order valence-corrected chi connectivity index (χ4v) is 3.11. The Bertz CT molecular complexity index is 1090. The molecule has 2 aromatic carbocycles. The molecule has 0 N–H and O–H groups in total. The molecule has 3 rings (SSSR count). The highest BCUT2D eigenvalue weighted by Gasteiger charge is 2.12. The van der Waals surface area contributed by atoms with Crippen molar-refractivity contribution in [1.29, 1.82) is 0 Å². The van der Waals surface area contributed by atoms with E-state index in [-0.39, 0.29) is 10.5 Å². The van der Waals surface area contributed by atoms with Crippen LogP contribution in [0.15, 0.2) is 64.4 Å². The van der Waals surface area contributed by atoms with E-state index in [2.05, 4.69) is 5.10 Å². The number of aromatic nitrogens is 2. The molecule has 0 fully saturated rings. The average Bonchev–Trinajstić information content (AvgIpc) is 2.58. The zero-order valence-electron chi connectivity index (χ0n) is 13.6. The summed E-state index contributed by atoms with van der Waals surface area (Å²) in [6.45, 7) is 1.67. The molecule has 0 aliphatic heterocycles. The van der Waals surface area contributed by atoms with Crippen molar-refractivity contribution < 1.29 is 12.8 Å². The molecule has 1 heterocycles. The third kappa shape index (κ3) is 3.36. The normalized spacial score (nSPS) is 11.5. The molecule has 0 aliphatic rings. The molecule has 0 bridgehead atoms. The van der Waals surface area contributed by atoms with Gasteiger partial charge in [-0.1, -0.05) is 12.1 Å². The van der Waals surface area contributed by atoms with Crippen LogP contribution >= 0.6 is 0 Å². The van der Waals surface area contributed by atoms with Crippen LogP contribution in [-0.4, -0.2) is 24.5 Å². The van der Waals surface area contributed by atoms with Gasteiger partial charge in [-0.3, -0.25) is 4.79 Å². The van der Waals surface area contributed by atoms with Crippen LogP contribution in [0.3, 0.4) is 0 Å². The number of rotatable bonds is 3. The van der Waals surface area contributed by atoms with Gasteiger partial charge in [-0.05, 0) is 48.9 Å². The first kappa shape index (κ1) is 17.0. The number of sulfone groups is 1. The summed E-state index contributed by atoms with van der Waals surface area (Å²) in [5, 5.41) is 4.15. The molecule has 1 aromatic heterocycles. The molecule has 0 amide bonds. The monoisotopic (exact) mass is 358 g/mol. The molecule has 0 spiro atoms. The maximum atomic E-state index is 13.0. The third-order valence-electron chi connectivity index (χ3n) is 3.88. The zero-order valence-corrected chi connectivity index (χ0v) is 14.4. The summed E-state index contributed by atoms with van der Waals surface area (Å²) in [4.78, 5) is 12.8. The van der Waals surface area contributed by atoms with Gasteiger partial charge in [0.05, 0.1) is 16.8 Å². The minimum absolute atomic E-state index is 0.210. The molecule has 0 aliphatic carbocycles. The van der Waals surface area contributed by atoms with Gasteiger partial charge in [0.15, 0.2) is 9.84 Å². The van der Waals surface area contributed by atoms with Crippen LogP contribution in [0.2, 0.25) is 0 Å². The lowest BCUT2D eigenvalue weighted by Gasteiger charge is -2.10. The fourth-order valence-electron chi connectivity index (χ4n) is 2.48. The van der Waals surface area contributed by atoms with Crippen LogP contribution < -0.4 is 5.56 Å². The van der Waals surface area contributed by atoms with Crippen molar-refractivity contribution in [2.45, 2.75) is 11.8 Å². The minimum Gasteiger partial charge on any atom is -0.267 e. The van der Waals surface area contributed by atoms with Gasteiger partial charge >= 0.3 is 0 Å². The van der Waals surface area contributed by atoms with Crippen molar-refractivity contribution in [2.75, 3.05) is 6.26 Å². The molecule has 0 saturated carbocycles. The van der Waals surface area contributed by atoms with Crippen LogP contribution in [0.5, 0.6) is 0 Å². The molecule has 7 heteroatoms. The molecule has 0 saturated heterocycles. The highest BCUT2D eigenvalue weighted by molar-refractivity contribution is 7.90. The van der Waals surface area contributed by atoms with E-state index in [1.54, 1.807) is 19.1 Å². The Balaban J connectivity index is 2.06. The highest BCUT2D eigenvalue weighted by Crippen LogP contribution is 2.22. The number of nitrogens with zero attached hydrogens (tertiary/aromatic N) is 2. The fraction of sp³-hybridized carbons (Fsp3) is 0.111. The van der Waals surface area contributed by atoms with Gasteiger partial charge in [0.2, 0.25) is 0 Å². The van der Waals surface area contributed by atoms with Crippen molar-refractivity contribution in [3.63, 3.8) is 0 Å². The number of halogens is 1. The number of hydrogen-bond acceptors (Lipinski definition) is 4. The van der Waals surface area contributed by atoms with E-state index in [4.69, 9.17) is 0 Å². The summed E-state index contributed by atoms with van der Waals surface area (Å²) in [6.07, 6.45) is 2.67. The van der Waals surface area contributed by atoms with Crippen molar-refractivity contribution in [3.8, 4) is 16.8 Å². The average molecular weight is 358 g/mol. The van der Waals surface area contributed by atoms with Crippen molar-refractivity contribution in [1.82, 2.24) is 9.78 Å². The van der Waals surface area contributed by atoms with Crippen molar-refractivity contribution in [2.24, 2.45) is 0 Å². The first-order chi connectivity index (χ1) is 11.8. The smallest absolute Gasteiger partial charge is 0.267 e. The summed E-state index contributed by atoms with van der Waals surface area (Å²) in [6, 6.07) is 11.7. The Hall–Kier alpha value is -2.80. The van der Waals surface area contributed by atoms with Gasteiger partial charge in [-0.25, -0.2) is 12.8 Å². The zero-order chi connectivity index (χ0) is 18.2. The summed E-state index contributed by atoms with van der Waals surface area (Å²) in [5.41, 5.74) is 1.92. The standard InChI is InChI=1S/C18H15FN2O3S/c1-12-17(13-3-9-16(10-4-13)25(2,23)24)11-20-21(18(12)22)15-7-5-14(19)6-8-15/h3-11H,1-2H3. The van der Waals surface area contributed by atoms with Crippen molar-refractivity contribution in [3.05, 3.63) is 76.5 Å². The third-order valence-corrected chi connectivity index (χ3v) is 5.01. The highest BCUT2D eigenvalue weighted by atomic mass is 32.2. The topological polar surface area (TPSA) is 69.0 Å². The van der Waals surface area contributed by atoms with Crippen LogP contribution in [-0.2, 0) is 9.84 Å². The van der Waals surface area contributed by atoms with Gasteiger partial charge in [-0.2, -0.15) is 9.78 Å². The summed E-state index contributed by atoms with van der Waals surface area (Å²) >= 11 is 0. The van der Waals surface area contributed by atoms with Gasteiger partial charge < -0.3 is 0 Å². The molecule has 128 valence electrons. The molecule has 3 aromatic rings. The van der Waals surface area contributed by atoms with Crippen LogP contribution in [0.25, 0.3) is 16.8 Å². The van der Waals surface area contributed by atoms with E-state index in [9.17, 15) is 17.6 Å². The lowest BCUT2D eigenvalue weighted by atomic mass is 10.0. The Morgan fingerprint density at radius 1 is 1.00 bits per heavy atom. The Morgan fingerprint density at radius 3 is 2.16 bits per heavy atom. The Labute approximate surface area is 144 Å². The van der Waals surface area contributed by atoms with E-state index in [0.29, 0.717) is 22.4 Å².